The Morgan fingerprint density at radius 2 is 2.04 bits per heavy atom. The molecule has 0 spiro atoms. The lowest BCUT2D eigenvalue weighted by atomic mass is 9.76. The molecule has 1 amide bonds. The average Bonchev–Trinajstić information content (AvgIpc) is 2.90. The number of aliphatic hydroxyl groups excluding tert-OH is 1. The number of thioether (sulfide) groups is 1. The fraction of sp³-hybridized carbons (Fsp3) is 0.444. The summed E-state index contributed by atoms with van der Waals surface area (Å²) >= 11 is 1.31. The second-order valence-corrected chi connectivity index (χ2v) is 7.99. The highest BCUT2D eigenvalue weighted by atomic mass is 32.2. The van der Waals surface area contributed by atoms with E-state index in [9.17, 15) is 29.9 Å². The Balaban J connectivity index is 1.97. The van der Waals surface area contributed by atoms with Gasteiger partial charge in [0.2, 0.25) is 5.91 Å². The summed E-state index contributed by atoms with van der Waals surface area (Å²) in [7, 11) is 0. The topological polar surface area (TPSA) is 147 Å². The van der Waals surface area contributed by atoms with Gasteiger partial charge in [-0.25, -0.2) is 4.79 Å². The molecule has 1 aromatic carbocycles. The van der Waals surface area contributed by atoms with Gasteiger partial charge in [-0.3, -0.25) is 14.9 Å². The molecule has 9 nitrogen and oxygen atoms in total. The molecule has 0 aliphatic carbocycles. The van der Waals surface area contributed by atoms with Crippen molar-refractivity contribution in [1.82, 2.24) is 4.90 Å². The van der Waals surface area contributed by atoms with Crippen LogP contribution < -0.4 is 5.73 Å². The first-order valence-corrected chi connectivity index (χ1v) is 9.81. The van der Waals surface area contributed by atoms with E-state index >= 15 is 0 Å². The van der Waals surface area contributed by atoms with Gasteiger partial charge in [-0.2, -0.15) is 0 Å². The number of non-ortho nitro benzene ring substituents is 1. The Morgan fingerprint density at radius 1 is 1.39 bits per heavy atom. The molecule has 150 valence electrons. The van der Waals surface area contributed by atoms with E-state index in [1.54, 1.807) is 12.1 Å². The number of nitrogens with two attached hydrogens (primary N) is 1. The summed E-state index contributed by atoms with van der Waals surface area (Å²) in [6.07, 6.45) is -0.499. The van der Waals surface area contributed by atoms with Crippen molar-refractivity contribution in [2.75, 3.05) is 12.3 Å². The third-order valence-electron chi connectivity index (χ3n) is 5.11. The Labute approximate surface area is 165 Å². The van der Waals surface area contributed by atoms with Crippen LogP contribution >= 0.6 is 11.8 Å². The predicted molar refractivity (Wildman–Crippen MR) is 102 cm³/mol. The second kappa shape index (κ2) is 7.90. The van der Waals surface area contributed by atoms with Crippen molar-refractivity contribution in [1.29, 1.82) is 0 Å². The van der Waals surface area contributed by atoms with Crippen molar-refractivity contribution >= 4 is 29.3 Å². The monoisotopic (exact) mass is 407 g/mol. The zero-order valence-corrected chi connectivity index (χ0v) is 16.0. The molecule has 28 heavy (non-hydrogen) atoms. The van der Waals surface area contributed by atoms with Crippen molar-refractivity contribution in [2.24, 2.45) is 17.6 Å². The van der Waals surface area contributed by atoms with Gasteiger partial charge in [0.1, 0.15) is 5.70 Å². The molecule has 2 heterocycles. The number of nitrogens with zero attached hydrogens (tertiary/aromatic N) is 2. The predicted octanol–water partition coefficient (Wildman–Crippen LogP) is 0.963. The van der Waals surface area contributed by atoms with Gasteiger partial charge in [-0.05, 0) is 18.9 Å². The van der Waals surface area contributed by atoms with Crippen molar-refractivity contribution in [3.8, 4) is 0 Å². The van der Waals surface area contributed by atoms with Gasteiger partial charge < -0.3 is 20.8 Å². The second-order valence-electron chi connectivity index (χ2n) is 6.85. The molecule has 0 unspecified atom stereocenters. The quantitative estimate of drug-likeness (QED) is 0.328. The number of fused-ring (bicyclic) bond motifs is 1. The molecule has 0 aromatic heterocycles. The summed E-state index contributed by atoms with van der Waals surface area (Å²) in [5.41, 5.74) is 6.30. The molecular weight excluding hydrogens is 386 g/mol. The number of amides is 1. The van der Waals surface area contributed by atoms with Gasteiger partial charge in [0.25, 0.3) is 5.69 Å². The normalized spacial score (nSPS) is 24.8. The summed E-state index contributed by atoms with van der Waals surface area (Å²) in [6, 6.07) is 5.60. The van der Waals surface area contributed by atoms with E-state index in [0.717, 1.165) is 5.56 Å². The number of aliphatic carboxylic acids is 1. The first-order chi connectivity index (χ1) is 13.3. The number of hydrogen-bond acceptors (Lipinski definition) is 7. The minimum absolute atomic E-state index is 0.0306. The van der Waals surface area contributed by atoms with Crippen molar-refractivity contribution in [3.05, 3.63) is 50.5 Å². The Morgan fingerprint density at radius 3 is 2.54 bits per heavy atom. The first kappa shape index (κ1) is 20.3. The van der Waals surface area contributed by atoms with Crippen LogP contribution in [0.25, 0.3) is 0 Å². The summed E-state index contributed by atoms with van der Waals surface area (Å²) in [4.78, 5) is 36.6. The minimum Gasteiger partial charge on any atom is -0.477 e. The smallest absolute Gasteiger partial charge is 0.353 e. The van der Waals surface area contributed by atoms with Crippen LogP contribution in [-0.2, 0) is 16.0 Å². The largest absolute Gasteiger partial charge is 0.477 e. The van der Waals surface area contributed by atoms with Gasteiger partial charge >= 0.3 is 5.97 Å². The number of β-lactam (4-membered cyclic amide) rings is 1. The van der Waals surface area contributed by atoms with Crippen LogP contribution in [0.15, 0.2) is 34.9 Å². The molecule has 0 saturated carbocycles. The lowest BCUT2D eigenvalue weighted by molar-refractivity contribution is -0.384. The number of nitro benzene ring substituents is 1. The number of carboxylic acid groups (broad SMARTS) is 1. The van der Waals surface area contributed by atoms with Gasteiger partial charge in [-0.1, -0.05) is 12.1 Å². The number of carboxylic acids is 1. The average molecular weight is 407 g/mol. The van der Waals surface area contributed by atoms with Gasteiger partial charge in [0.15, 0.2) is 0 Å². The van der Waals surface area contributed by atoms with E-state index < -0.39 is 34.9 Å². The van der Waals surface area contributed by atoms with Crippen molar-refractivity contribution in [3.63, 3.8) is 0 Å². The molecule has 4 N–H and O–H groups in total. The van der Waals surface area contributed by atoms with E-state index in [0.29, 0.717) is 23.6 Å². The molecule has 0 radical (unpaired) electrons. The standard InChI is InChI=1S/C18H21N3O6S/c1-9(22)13-14-12(8-10-2-4-11(5-3-10)21(26)27)16(28-7-6-19)15(18(24)25)20(14)17(13)23/h2-5,9,12-14,22H,6-8,19H2,1H3,(H,24,25)/t9-,12+,13-,14+/m1/s1. The Kier molecular flexibility index (Phi) is 5.73. The Hall–Kier alpha value is -2.43. The van der Waals surface area contributed by atoms with Crippen LogP contribution in [0.3, 0.4) is 0 Å². The number of nitro groups is 1. The van der Waals surface area contributed by atoms with E-state index in [1.165, 1.54) is 35.7 Å². The fourth-order valence-electron chi connectivity index (χ4n) is 3.94. The number of hydrogen-bond donors (Lipinski definition) is 3. The van der Waals surface area contributed by atoms with Crippen LogP contribution in [-0.4, -0.2) is 56.4 Å². The first-order valence-electron chi connectivity index (χ1n) is 8.82. The van der Waals surface area contributed by atoms with Crippen LogP contribution in [0, 0.1) is 22.0 Å². The van der Waals surface area contributed by atoms with Crippen molar-refractivity contribution < 1.29 is 24.7 Å². The number of benzene rings is 1. The molecule has 2 aliphatic heterocycles. The van der Waals surface area contributed by atoms with E-state index in [-0.39, 0.29) is 17.3 Å². The highest BCUT2D eigenvalue weighted by molar-refractivity contribution is 8.03. The lowest BCUT2D eigenvalue weighted by Gasteiger charge is -2.47. The van der Waals surface area contributed by atoms with Crippen LogP contribution in [0.2, 0.25) is 0 Å². The molecular formula is C18H21N3O6S. The molecule has 4 atom stereocenters. The summed E-state index contributed by atoms with van der Waals surface area (Å²) in [6.45, 7) is 1.87. The van der Waals surface area contributed by atoms with Crippen LogP contribution in [0.1, 0.15) is 12.5 Å². The van der Waals surface area contributed by atoms with E-state index in [2.05, 4.69) is 0 Å². The molecule has 1 saturated heterocycles. The molecule has 1 fully saturated rings. The number of carbonyl (C=O) groups excluding carboxylic acids is 1. The summed E-state index contributed by atoms with van der Waals surface area (Å²) in [5.74, 6) is -2.07. The number of aliphatic hydroxyl groups is 1. The van der Waals surface area contributed by atoms with E-state index in [4.69, 9.17) is 5.73 Å². The molecule has 1 aromatic rings. The van der Waals surface area contributed by atoms with Gasteiger partial charge in [0, 0.05) is 35.3 Å². The fourth-order valence-corrected chi connectivity index (χ4v) is 5.03. The number of carbonyl (C=O) groups is 2. The van der Waals surface area contributed by atoms with Gasteiger partial charge in [0.05, 0.1) is 23.0 Å². The maximum Gasteiger partial charge on any atom is 0.353 e. The van der Waals surface area contributed by atoms with E-state index in [1.807, 2.05) is 0 Å². The zero-order valence-electron chi connectivity index (χ0n) is 15.1. The third kappa shape index (κ3) is 3.38. The summed E-state index contributed by atoms with van der Waals surface area (Å²) < 4.78 is 0. The lowest BCUT2D eigenvalue weighted by Crippen LogP contribution is -2.64. The molecule has 3 rings (SSSR count). The van der Waals surface area contributed by atoms with Crippen LogP contribution in [0.5, 0.6) is 0 Å². The van der Waals surface area contributed by atoms with Crippen molar-refractivity contribution in [2.45, 2.75) is 25.5 Å². The highest BCUT2D eigenvalue weighted by Gasteiger charge is 2.61. The molecule has 0 bridgehead atoms. The number of rotatable bonds is 8. The summed E-state index contributed by atoms with van der Waals surface area (Å²) in [5, 5.41) is 30.6. The minimum atomic E-state index is -1.19. The zero-order chi connectivity index (χ0) is 20.6. The van der Waals surface area contributed by atoms with Gasteiger partial charge in [-0.15, -0.1) is 11.8 Å². The maximum atomic E-state index is 12.5. The highest BCUT2D eigenvalue weighted by Crippen LogP contribution is 2.51. The molecule has 10 heteroatoms. The maximum absolute atomic E-state index is 12.5. The van der Waals surface area contributed by atoms with Crippen LogP contribution in [0.4, 0.5) is 5.69 Å². The SMILES string of the molecule is C[C@@H](O)[C@H]1C(=O)N2C(C(=O)O)=C(SCCN)[C@@H](Cc3ccc([N+](=O)[O-])cc3)[C@@H]12. The molecule has 2 aliphatic rings. The third-order valence-corrected chi connectivity index (χ3v) is 6.36. The Bertz CT molecular complexity index is 838.